The predicted molar refractivity (Wildman–Crippen MR) is 150 cm³/mol. The van der Waals surface area contributed by atoms with E-state index in [4.69, 9.17) is 4.74 Å². The average molecular weight is 495 g/mol. The molecule has 2 aliphatic rings. The highest BCUT2D eigenvalue weighted by Gasteiger charge is 2.41. The fraction of sp³-hybridized carbons (Fsp3) is 0.312. The maximum Gasteiger partial charge on any atom is 0.123 e. The number of benzene rings is 3. The summed E-state index contributed by atoms with van der Waals surface area (Å²) in [5.74, 6) is 1.35. The van der Waals surface area contributed by atoms with Crippen LogP contribution in [0.25, 0.3) is 10.4 Å². The zero-order chi connectivity index (χ0) is 24.3. The van der Waals surface area contributed by atoms with E-state index in [1.807, 2.05) is 0 Å². The summed E-state index contributed by atoms with van der Waals surface area (Å²) in [6.07, 6.45) is 2.58. The van der Waals surface area contributed by atoms with E-state index in [2.05, 4.69) is 106 Å². The number of ether oxygens (including phenoxy) is 1. The molecule has 184 valence electrons. The molecule has 0 saturated carbocycles. The van der Waals surface area contributed by atoms with Crippen LogP contribution in [0.15, 0.2) is 96.4 Å². The van der Waals surface area contributed by atoms with Crippen molar-refractivity contribution in [2.45, 2.75) is 37.4 Å². The van der Waals surface area contributed by atoms with Gasteiger partial charge in [0.15, 0.2) is 0 Å². The van der Waals surface area contributed by atoms with Crippen LogP contribution < -0.4 is 4.74 Å². The maximum absolute atomic E-state index is 5.83. The van der Waals surface area contributed by atoms with Crippen molar-refractivity contribution >= 4 is 11.3 Å². The largest absolute Gasteiger partial charge is 0.496 e. The summed E-state index contributed by atoms with van der Waals surface area (Å²) in [6, 6.07) is 34.3. The van der Waals surface area contributed by atoms with Gasteiger partial charge in [0.05, 0.1) is 7.11 Å². The smallest absolute Gasteiger partial charge is 0.123 e. The standard InChI is InChI=1S/C32H34N2OS/c1-35-30-17-16-26(31-15-9-19-36-31)20-27(30)21-33-22-28-14-8-18-34(28)29(23-33)32(24-10-4-2-5-11-24)25-12-6-3-7-13-25/h2-7,9-13,15-17,19-20,28-29,32H,8,14,18,21-23H2,1H3/t28-,29-/m0/s1. The molecule has 2 aliphatic heterocycles. The molecule has 3 heterocycles. The van der Waals surface area contributed by atoms with Crippen LogP contribution in [0.5, 0.6) is 5.75 Å². The number of fused-ring (bicyclic) bond motifs is 1. The first kappa shape index (κ1) is 23.5. The van der Waals surface area contributed by atoms with Gasteiger partial charge in [0, 0.05) is 48.1 Å². The fourth-order valence-corrected chi connectivity index (χ4v) is 7.08. The number of methoxy groups -OCH3 is 1. The molecule has 6 rings (SSSR count). The van der Waals surface area contributed by atoms with Crippen LogP contribution in [0.1, 0.15) is 35.4 Å². The summed E-state index contributed by atoms with van der Waals surface area (Å²) < 4.78 is 5.83. The lowest BCUT2D eigenvalue weighted by Gasteiger charge is -2.47. The van der Waals surface area contributed by atoms with Gasteiger partial charge in [0.25, 0.3) is 0 Å². The third-order valence-corrected chi connectivity index (χ3v) is 8.86. The van der Waals surface area contributed by atoms with Crippen LogP contribution in [0.4, 0.5) is 0 Å². The Bertz CT molecular complexity index is 1220. The van der Waals surface area contributed by atoms with Crippen molar-refractivity contribution in [2.24, 2.45) is 0 Å². The Morgan fingerprint density at radius 3 is 2.31 bits per heavy atom. The van der Waals surface area contributed by atoms with Crippen LogP contribution in [0.2, 0.25) is 0 Å². The Kier molecular flexibility index (Phi) is 6.91. The van der Waals surface area contributed by atoms with Crippen LogP contribution in [0, 0.1) is 0 Å². The number of nitrogens with zero attached hydrogens (tertiary/aromatic N) is 2. The quantitative estimate of drug-likeness (QED) is 0.278. The van der Waals surface area contributed by atoms with Gasteiger partial charge < -0.3 is 4.74 Å². The number of hydrogen-bond donors (Lipinski definition) is 0. The van der Waals surface area contributed by atoms with Gasteiger partial charge in [-0.05, 0) is 65.7 Å². The Labute approximate surface area is 219 Å². The number of hydrogen-bond acceptors (Lipinski definition) is 4. The highest BCUT2D eigenvalue weighted by molar-refractivity contribution is 7.13. The summed E-state index contributed by atoms with van der Waals surface area (Å²) >= 11 is 1.80. The van der Waals surface area contributed by atoms with Gasteiger partial charge in [-0.1, -0.05) is 66.7 Å². The Morgan fingerprint density at radius 2 is 1.64 bits per heavy atom. The molecule has 0 unspecified atom stereocenters. The van der Waals surface area contributed by atoms with Gasteiger partial charge in [0.1, 0.15) is 5.75 Å². The molecule has 0 radical (unpaired) electrons. The molecule has 0 aliphatic carbocycles. The SMILES string of the molecule is COc1ccc(-c2cccs2)cc1CN1C[C@@H]2CCCN2[C@H](C(c2ccccc2)c2ccccc2)C1. The highest BCUT2D eigenvalue weighted by Crippen LogP contribution is 2.38. The van der Waals surface area contributed by atoms with E-state index in [-0.39, 0.29) is 0 Å². The van der Waals surface area contributed by atoms with E-state index < -0.39 is 0 Å². The van der Waals surface area contributed by atoms with Gasteiger partial charge >= 0.3 is 0 Å². The van der Waals surface area contributed by atoms with Gasteiger partial charge in [-0.15, -0.1) is 11.3 Å². The minimum Gasteiger partial charge on any atom is -0.496 e. The molecule has 0 amide bonds. The fourth-order valence-electron chi connectivity index (χ4n) is 6.36. The molecule has 2 fully saturated rings. The molecule has 4 heteroatoms. The third-order valence-electron chi connectivity index (χ3n) is 7.95. The zero-order valence-electron chi connectivity index (χ0n) is 20.9. The lowest BCUT2D eigenvalue weighted by molar-refractivity contribution is 0.0380. The van der Waals surface area contributed by atoms with Crippen molar-refractivity contribution < 1.29 is 4.74 Å². The molecular weight excluding hydrogens is 460 g/mol. The van der Waals surface area contributed by atoms with Crippen LogP contribution in [-0.4, -0.2) is 48.6 Å². The van der Waals surface area contributed by atoms with Gasteiger partial charge in [-0.2, -0.15) is 0 Å². The first-order valence-corrected chi connectivity index (χ1v) is 14.0. The molecular formula is C32H34N2OS. The highest BCUT2D eigenvalue weighted by atomic mass is 32.1. The van der Waals surface area contributed by atoms with E-state index >= 15 is 0 Å². The lowest BCUT2D eigenvalue weighted by Crippen LogP contribution is -2.57. The van der Waals surface area contributed by atoms with E-state index in [9.17, 15) is 0 Å². The summed E-state index contributed by atoms with van der Waals surface area (Å²) in [4.78, 5) is 6.82. The van der Waals surface area contributed by atoms with Crippen molar-refractivity contribution in [1.82, 2.24) is 9.80 Å². The van der Waals surface area contributed by atoms with E-state index in [1.54, 1.807) is 18.4 Å². The minimum absolute atomic E-state index is 0.357. The Hall–Kier alpha value is -2.92. The van der Waals surface area contributed by atoms with E-state index in [0.29, 0.717) is 18.0 Å². The van der Waals surface area contributed by atoms with Crippen molar-refractivity contribution in [2.75, 3.05) is 26.7 Å². The molecule has 3 aromatic carbocycles. The topological polar surface area (TPSA) is 15.7 Å². The van der Waals surface area contributed by atoms with Gasteiger partial charge in [-0.3, -0.25) is 9.80 Å². The van der Waals surface area contributed by atoms with E-state index in [0.717, 1.165) is 25.4 Å². The monoisotopic (exact) mass is 494 g/mol. The number of thiophene rings is 1. The number of piperazine rings is 1. The summed E-state index contributed by atoms with van der Waals surface area (Å²) in [7, 11) is 1.79. The molecule has 1 aromatic heterocycles. The maximum atomic E-state index is 5.83. The van der Waals surface area contributed by atoms with Crippen LogP contribution in [0.3, 0.4) is 0 Å². The minimum atomic E-state index is 0.357. The second kappa shape index (κ2) is 10.6. The first-order valence-electron chi connectivity index (χ1n) is 13.1. The third kappa shape index (κ3) is 4.73. The summed E-state index contributed by atoms with van der Waals surface area (Å²) in [5, 5.41) is 2.15. The molecule has 2 atom stereocenters. The summed E-state index contributed by atoms with van der Waals surface area (Å²) in [5.41, 5.74) is 5.39. The van der Waals surface area contributed by atoms with Gasteiger partial charge in [-0.25, -0.2) is 0 Å². The van der Waals surface area contributed by atoms with Crippen molar-refractivity contribution in [3.8, 4) is 16.2 Å². The Morgan fingerprint density at radius 1 is 0.889 bits per heavy atom. The molecule has 3 nitrogen and oxygen atoms in total. The molecule has 4 aromatic rings. The van der Waals surface area contributed by atoms with Crippen LogP contribution in [-0.2, 0) is 6.54 Å². The lowest BCUT2D eigenvalue weighted by atomic mass is 9.82. The molecule has 2 saturated heterocycles. The van der Waals surface area contributed by atoms with Crippen molar-refractivity contribution in [3.63, 3.8) is 0 Å². The molecule has 36 heavy (non-hydrogen) atoms. The van der Waals surface area contributed by atoms with Gasteiger partial charge in [0.2, 0.25) is 0 Å². The second-order valence-corrected chi connectivity index (χ2v) is 11.0. The van der Waals surface area contributed by atoms with Crippen molar-refractivity contribution in [3.05, 3.63) is 113 Å². The predicted octanol–water partition coefficient (Wildman–Crippen LogP) is 6.90. The molecule has 0 spiro atoms. The van der Waals surface area contributed by atoms with Crippen molar-refractivity contribution in [1.29, 1.82) is 0 Å². The average Bonchev–Trinajstić information content (AvgIpc) is 3.63. The van der Waals surface area contributed by atoms with E-state index in [1.165, 1.54) is 46.5 Å². The molecule has 0 bridgehead atoms. The van der Waals surface area contributed by atoms with Crippen LogP contribution >= 0.6 is 11.3 Å². The zero-order valence-corrected chi connectivity index (χ0v) is 21.7. The number of rotatable bonds is 7. The summed E-state index contributed by atoms with van der Waals surface area (Å²) in [6.45, 7) is 4.30. The normalized spacial score (nSPS) is 20.5. The Balaban J connectivity index is 1.34. The second-order valence-electron chi connectivity index (χ2n) is 10.1. The first-order chi connectivity index (χ1) is 17.8. The molecule has 0 N–H and O–H groups in total.